The normalized spacial score (nSPS) is 9.87. The summed E-state index contributed by atoms with van der Waals surface area (Å²) in [5.41, 5.74) is 5.03. The maximum atomic E-state index is 12.0. The van der Waals surface area contributed by atoms with Crippen LogP contribution in [0.3, 0.4) is 0 Å². The lowest BCUT2D eigenvalue weighted by Crippen LogP contribution is -1.85. The fraction of sp³-hybridized carbons (Fsp3) is 0.200. The molecule has 0 aliphatic carbocycles. The molecule has 23 heavy (non-hydrogen) atoms. The molecular weight excluding hydrogens is 287 g/mol. The zero-order valence-electron chi connectivity index (χ0n) is 13.5. The number of rotatable bonds is 3. The first-order chi connectivity index (χ1) is 11.2. The van der Waals surface area contributed by atoms with E-state index in [1.165, 1.54) is 11.1 Å². The first-order valence-corrected chi connectivity index (χ1v) is 7.70. The molecule has 0 bridgehead atoms. The third-order valence-electron chi connectivity index (χ3n) is 3.42. The Hall–Kier alpha value is -2.55. The van der Waals surface area contributed by atoms with Gasteiger partial charge in [0.25, 0.3) is 0 Å². The minimum Gasteiger partial charge on any atom is -0.255 e. The van der Waals surface area contributed by atoms with Crippen molar-refractivity contribution in [3.05, 3.63) is 83.7 Å². The summed E-state index contributed by atoms with van der Waals surface area (Å²) in [7, 11) is 0. The van der Waals surface area contributed by atoms with Crippen molar-refractivity contribution >= 4 is 0 Å². The second-order valence-electron chi connectivity index (χ2n) is 5.24. The van der Waals surface area contributed by atoms with Gasteiger partial charge in [-0.25, -0.2) is 4.39 Å². The van der Waals surface area contributed by atoms with Crippen LogP contribution in [0.1, 0.15) is 23.6 Å². The molecule has 0 aliphatic heterocycles. The van der Waals surface area contributed by atoms with E-state index >= 15 is 0 Å². The summed E-state index contributed by atoms with van der Waals surface area (Å²) in [4.78, 5) is 8.50. The topological polar surface area (TPSA) is 25.8 Å². The van der Waals surface area contributed by atoms with Crippen molar-refractivity contribution in [2.24, 2.45) is 0 Å². The average Bonchev–Trinajstić information content (AvgIpc) is 2.64. The van der Waals surface area contributed by atoms with Crippen LogP contribution in [-0.4, -0.2) is 9.97 Å². The van der Waals surface area contributed by atoms with Crippen LogP contribution in [0.2, 0.25) is 0 Å². The molecule has 0 saturated heterocycles. The van der Waals surface area contributed by atoms with E-state index in [1.54, 1.807) is 6.20 Å². The van der Waals surface area contributed by atoms with E-state index in [0.29, 0.717) is 0 Å². The van der Waals surface area contributed by atoms with Gasteiger partial charge < -0.3 is 0 Å². The summed E-state index contributed by atoms with van der Waals surface area (Å²) >= 11 is 0. The number of nitrogens with zero attached hydrogens (tertiary/aromatic N) is 2. The van der Waals surface area contributed by atoms with E-state index in [1.807, 2.05) is 67.7 Å². The number of benzene rings is 1. The van der Waals surface area contributed by atoms with Crippen molar-refractivity contribution in [3.63, 3.8) is 0 Å². The van der Waals surface area contributed by atoms with Gasteiger partial charge in [-0.2, -0.15) is 0 Å². The maximum Gasteiger partial charge on any atom is 0.115 e. The molecule has 118 valence electrons. The van der Waals surface area contributed by atoms with Gasteiger partial charge in [-0.15, -0.1) is 0 Å². The predicted molar refractivity (Wildman–Crippen MR) is 92.8 cm³/mol. The second kappa shape index (κ2) is 8.79. The van der Waals surface area contributed by atoms with E-state index < -0.39 is 0 Å². The zero-order chi connectivity index (χ0) is 16.5. The van der Waals surface area contributed by atoms with Crippen molar-refractivity contribution in [2.75, 3.05) is 0 Å². The third kappa shape index (κ3) is 5.29. The largest absolute Gasteiger partial charge is 0.255 e. The molecule has 2 nitrogen and oxygen atoms in total. The summed E-state index contributed by atoms with van der Waals surface area (Å²) in [5.74, 6) is 0. The van der Waals surface area contributed by atoms with Crippen molar-refractivity contribution < 1.29 is 4.39 Å². The molecule has 0 aliphatic rings. The van der Waals surface area contributed by atoms with E-state index in [4.69, 9.17) is 0 Å². The van der Waals surface area contributed by atoms with Crippen LogP contribution in [-0.2, 0) is 13.1 Å². The lowest BCUT2D eigenvalue weighted by molar-refractivity contribution is 0.485. The van der Waals surface area contributed by atoms with Gasteiger partial charge in [0, 0.05) is 12.4 Å². The predicted octanol–water partition coefficient (Wildman–Crippen LogP) is 5.17. The molecule has 3 rings (SSSR count). The lowest BCUT2D eigenvalue weighted by Gasteiger charge is -1.98. The number of hydrogen-bond donors (Lipinski definition) is 0. The SMILES string of the molecule is CCc1ccc(CF)cc1.Cc1ccc(-c2ccccn2)nc1. The molecule has 0 atom stereocenters. The molecule has 0 radical (unpaired) electrons. The van der Waals surface area contributed by atoms with Crippen LogP contribution in [0.25, 0.3) is 11.4 Å². The van der Waals surface area contributed by atoms with Gasteiger partial charge in [0.05, 0.1) is 11.4 Å². The number of alkyl halides is 1. The molecule has 1 aromatic carbocycles. The van der Waals surface area contributed by atoms with Crippen LogP contribution in [0.15, 0.2) is 67.0 Å². The Morgan fingerprint density at radius 3 is 2.04 bits per heavy atom. The average molecular weight is 308 g/mol. The monoisotopic (exact) mass is 308 g/mol. The van der Waals surface area contributed by atoms with Gasteiger partial charge in [-0.1, -0.05) is 43.3 Å². The molecule has 2 heterocycles. The van der Waals surface area contributed by atoms with Crippen molar-refractivity contribution in [3.8, 4) is 11.4 Å². The van der Waals surface area contributed by atoms with E-state index in [0.717, 1.165) is 23.4 Å². The molecule has 0 saturated carbocycles. The van der Waals surface area contributed by atoms with Crippen LogP contribution in [0, 0.1) is 6.92 Å². The van der Waals surface area contributed by atoms with Crippen molar-refractivity contribution in [2.45, 2.75) is 26.9 Å². The van der Waals surface area contributed by atoms with Crippen LogP contribution in [0.5, 0.6) is 0 Å². The van der Waals surface area contributed by atoms with Gasteiger partial charge >= 0.3 is 0 Å². The fourth-order valence-corrected chi connectivity index (χ4v) is 2.00. The first kappa shape index (κ1) is 16.8. The Labute approximate surface area is 137 Å². The Balaban J connectivity index is 0.000000174. The zero-order valence-corrected chi connectivity index (χ0v) is 13.5. The summed E-state index contributed by atoms with van der Waals surface area (Å²) < 4.78 is 12.0. The quantitative estimate of drug-likeness (QED) is 0.667. The van der Waals surface area contributed by atoms with Gasteiger partial charge in [0.2, 0.25) is 0 Å². The molecule has 0 N–H and O–H groups in total. The highest BCUT2D eigenvalue weighted by Gasteiger charge is 1.97. The molecule has 0 unspecified atom stereocenters. The lowest BCUT2D eigenvalue weighted by atomic mass is 10.1. The molecule has 3 aromatic rings. The number of aromatic nitrogens is 2. The third-order valence-corrected chi connectivity index (χ3v) is 3.42. The summed E-state index contributed by atoms with van der Waals surface area (Å²) in [5, 5.41) is 0. The molecule has 3 heteroatoms. The number of pyridine rings is 2. The van der Waals surface area contributed by atoms with E-state index in [-0.39, 0.29) is 6.67 Å². The number of halogens is 1. The Kier molecular flexibility index (Phi) is 6.42. The second-order valence-corrected chi connectivity index (χ2v) is 5.24. The molecule has 0 spiro atoms. The van der Waals surface area contributed by atoms with Gasteiger partial charge in [0.15, 0.2) is 0 Å². The van der Waals surface area contributed by atoms with Crippen molar-refractivity contribution in [1.29, 1.82) is 0 Å². The van der Waals surface area contributed by atoms with Gasteiger partial charge in [-0.05, 0) is 48.2 Å². The standard InChI is InChI=1S/C11H10N2.C9H11F/c1-9-5-6-11(13-8-9)10-4-2-3-7-12-10;1-2-8-3-5-9(7-10)6-4-8/h2-8H,1H3;3-6H,2,7H2,1H3. The highest BCUT2D eigenvalue weighted by Crippen LogP contribution is 2.12. The number of hydrogen-bond acceptors (Lipinski definition) is 2. The van der Waals surface area contributed by atoms with E-state index in [9.17, 15) is 4.39 Å². The van der Waals surface area contributed by atoms with Crippen LogP contribution in [0.4, 0.5) is 4.39 Å². The fourth-order valence-electron chi connectivity index (χ4n) is 2.00. The number of aryl methyl sites for hydroxylation is 2. The van der Waals surface area contributed by atoms with Crippen LogP contribution < -0.4 is 0 Å². The van der Waals surface area contributed by atoms with Gasteiger partial charge in [-0.3, -0.25) is 9.97 Å². The summed E-state index contributed by atoms with van der Waals surface area (Å²) in [6.45, 7) is 3.75. The summed E-state index contributed by atoms with van der Waals surface area (Å²) in [6.07, 6.45) is 4.65. The minimum absolute atomic E-state index is 0.357. The first-order valence-electron chi connectivity index (χ1n) is 7.70. The molecule has 0 fully saturated rings. The van der Waals surface area contributed by atoms with Crippen LogP contribution >= 0.6 is 0 Å². The molecule has 0 amide bonds. The highest BCUT2D eigenvalue weighted by atomic mass is 19.1. The molecular formula is C20H21FN2. The minimum atomic E-state index is -0.357. The smallest absolute Gasteiger partial charge is 0.115 e. The molecule has 2 aromatic heterocycles. The Morgan fingerprint density at radius 2 is 1.52 bits per heavy atom. The Morgan fingerprint density at radius 1 is 0.826 bits per heavy atom. The van der Waals surface area contributed by atoms with Crippen molar-refractivity contribution in [1.82, 2.24) is 9.97 Å². The van der Waals surface area contributed by atoms with Gasteiger partial charge in [0.1, 0.15) is 6.67 Å². The Bertz CT molecular complexity index is 669. The highest BCUT2D eigenvalue weighted by molar-refractivity contribution is 5.53. The summed E-state index contributed by atoms with van der Waals surface area (Å²) in [6, 6.07) is 17.4. The maximum absolute atomic E-state index is 12.0. The van der Waals surface area contributed by atoms with E-state index in [2.05, 4.69) is 16.9 Å².